The predicted molar refractivity (Wildman–Crippen MR) is 70.0 cm³/mol. The topological polar surface area (TPSA) is 70.5 Å². The largest absolute Gasteiger partial charge is 0.481 e. The summed E-state index contributed by atoms with van der Waals surface area (Å²) in [6.45, 7) is 6.30. The first-order chi connectivity index (χ1) is 8.21. The lowest BCUT2D eigenvalue weighted by atomic mass is 9.98. The van der Waals surface area contributed by atoms with Crippen molar-refractivity contribution in [2.75, 3.05) is 13.6 Å². The van der Waals surface area contributed by atoms with Gasteiger partial charge in [0.25, 0.3) is 5.91 Å². The van der Waals surface area contributed by atoms with Crippen LogP contribution < -0.4 is 0 Å². The smallest absolute Gasteiger partial charge is 0.305 e. The third kappa shape index (κ3) is 3.80. The number of carboxylic acids is 1. The van der Waals surface area contributed by atoms with Crippen LogP contribution in [0.2, 0.25) is 0 Å². The van der Waals surface area contributed by atoms with Gasteiger partial charge in [-0.25, -0.2) is 4.98 Å². The van der Waals surface area contributed by atoms with E-state index in [1.807, 2.05) is 20.8 Å². The highest BCUT2D eigenvalue weighted by Crippen LogP contribution is 2.25. The van der Waals surface area contributed by atoms with E-state index in [-0.39, 0.29) is 24.3 Å². The molecule has 1 N–H and O–H groups in total. The Bertz CT molecular complexity index is 448. The van der Waals surface area contributed by atoms with Gasteiger partial charge in [0.1, 0.15) is 5.69 Å². The van der Waals surface area contributed by atoms with E-state index in [0.717, 1.165) is 5.01 Å². The quantitative estimate of drug-likeness (QED) is 0.908. The second-order valence-corrected chi connectivity index (χ2v) is 6.02. The minimum Gasteiger partial charge on any atom is -0.481 e. The second-order valence-electron chi connectivity index (χ2n) is 5.16. The molecule has 5 nitrogen and oxygen atoms in total. The van der Waals surface area contributed by atoms with Gasteiger partial charge in [-0.2, -0.15) is 0 Å². The summed E-state index contributed by atoms with van der Waals surface area (Å²) in [5, 5.41) is 11.2. The van der Waals surface area contributed by atoms with Crippen molar-refractivity contribution in [2.24, 2.45) is 0 Å². The van der Waals surface area contributed by atoms with Crippen molar-refractivity contribution in [3.63, 3.8) is 0 Å². The van der Waals surface area contributed by atoms with Gasteiger partial charge in [0.2, 0.25) is 0 Å². The van der Waals surface area contributed by atoms with Crippen molar-refractivity contribution in [2.45, 2.75) is 32.6 Å². The van der Waals surface area contributed by atoms with Crippen LogP contribution in [0.25, 0.3) is 0 Å². The molecule has 0 unspecified atom stereocenters. The molecule has 1 aromatic heterocycles. The van der Waals surface area contributed by atoms with Crippen molar-refractivity contribution in [1.82, 2.24) is 9.88 Å². The van der Waals surface area contributed by atoms with Crippen molar-refractivity contribution in [3.05, 3.63) is 16.1 Å². The molecule has 0 aliphatic carbocycles. The Hall–Kier alpha value is -1.43. The lowest BCUT2D eigenvalue weighted by Crippen LogP contribution is -2.29. The molecule has 1 aromatic rings. The first-order valence-electron chi connectivity index (χ1n) is 5.65. The Labute approximate surface area is 110 Å². The molecule has 0 aromatic carbocycles. The highest BCUT2D eigenvalue weighted by Gasteiger charge is 2.22. The summed E-state index contributed by atoms with van der Waals surface area (Å²) in [5.41, 5.74) is 0.306. The number of carbonyl (C=O) groups excluding carboxylic acids is 1. The molecule has 0 aliphatic rings. The molecule has 6 heteroatoms. The molecule has 1 rings (SSSR count). The van der Waals surface area contributed by atoms with Crippen LogP contribution in [0.3, 0.4) is 0 Å². The molecule has 0 radical (unpaired) electrons. The third-order valence-electron chi connectivity index (χ3n) is 2.37. The van der Waals surface area contributed by atoms with Crippen molar-refractivity contribution in [1.29, 1.82) is 0 Å². The van der Waals surface area contributed by atoms with E-state index in [0.29, 0.717) is 5.69 Å². The fraction of sp³-hybridized carbons (Fsp3) is 0.583. The zero-order valence-corrected chi connectivity index (χ0v) is 11.9. The van der Waals surface area contributed by atoms with E-state index in [9.17, 15) is 9.59 Å². The van der Waals surface area contributed by atoms with Gasteiger partial charge in [-0.15, -0.1) is 11.3 Å². The van der Waals surface area contributed by atoms with Crippen molar-refractivity contribution < 1.29 is 14.7 Å². The molecule has 0 bridgehead atoms. The van der Waals surface area contributed by atoms with Gasteiger partial charge in [0.15, 0.2) is 0 Å². The molecule has 0 aliphatic heterocycles. The van der Waals surface area contributed by atoms with E-state index in [4.69, 9.17) is 5.11 Å². The zero-order chi connectivity index (χ0) is 13.9. The molecule has 0 atom stereocenters. The standard InChI is InChI=1S/C12H18N2O3S/c1-12(2,3)11-13-8(7-18-11)10(17)14(4)6-5-9(15)16/h7H,5-6H2,1-4H3,(H,15,16). The summed E-state index contributed by atoms with van der Waals surface area (Å²) in [6, 6.07) is 0. The monoisotopic (exact) mass is 270 g/mol. The van der Waals surface area contributed by atoms with E-state index >= 15 is 0 Å². The Balaban J connectivity index is 2.72. The number of nitrogens with zero attached hydrogens (tertiary/aromatic N) is 2. The van der Waals surface area contributed by atoms with E-state index in [1.54, 1.807) is 12.4 Å². The van der Waals surface area contributed by atoms with Crippen LogP contribution in [0.15, 0.2) is 5.38 Å². The predicted octanol–water partition coefficient (Wildman–Crippen LogP) is 1.99. The summed E-state index contributed by atoms with van der Waals surface area (Å²) in [5.74, 6) is -1.15. The van der Waals surface area contributed by atoms with Crippen LogP contribution >= 0.6 is 11.3 Å². The molecular formula is C12H18N2O3S. The lowest BCUT2D eigenvalue weighted by Gasteiger charge is -2.15. The average molecular weight is 270 g/mol. The first-order valence-corrected chi connectivity index (χ1v) is 6.53. The molecule has 0 spiro atoms. The first kappa shape index (κ1) is 14.6. The molecular weight excluding hydrogens is 252 g/mol. The Morgan fingerprint density at radius 1 is 1.44 bits per heavy atom. The fourth-order valence-corrected chi connectivity index (χ4v) is 2.16. The van der Waals surface area contributed by atoms with Gasteiger partial charge >= 0.3 is 5.97 Å². The Morgan fingerprint density at radius 2 is 2.06 bits per heavy atom. The van der Waals surface area contributed by atoms with Crippen molar-refractivity contribution in [3.8, 4) is 0 Å². The summed E-state index contributed by atoms with van der Waals surface area (Å²) in [4.78, 5) is 28.1. The maximum absolute atomic E-state index is 12.0. The molecule has 18 heavy (non-hydrogen) atoms. The number of carbonyl (C=O) groups is 2. The molecule has 0 fully saturated rings. The summed E-state index contributed by atoms with van der Waals surface area (Å²) in [7, 11) is 1.58. The normalized spacial score (nSPS) is 11.3. The highest BCUT2D eigenvalue weighted by atomic mass is 32.1. The van der Waals surface area contributed by atoms with Gasteiger partial charge in [-0.05, 0) is 0 Å². The van der Waals surface area contributed by atoms with Gasteiger partial charge < -0.3 is 10.0 Å². The molecule has 100 valence electrons. The van der Waals surface area contributed by atoms with Crippen LogP contribution in [0, 0.1) is 0 Å². The van der Waals surface area contributed by atoms with E-state index < -0.39 is 5.97 Å². The summed E-state index contributed by atoms with van der Waals surface area (Å²) >= 11 is 1.45. The third-order valence-corrected chi connectivity index (χ3v) is 3.64. The molecule has 1 heterocycles. The second kappa shape index (κ2) is 5.48. The van der Waals surface area contributed by atoms with Crippen LogP contribution in [0.5, 0.6) is 0 Å². The van der Waals surface area contributed by atoms with Gasteiger partial charge in [-0.1, -0.05) is 20.8 Å². The van der Waals surface area contributed by atoms with Crippen LogP contribution in [-0.2, 0) is 10.2 Å². The number of amides is 1. The highest BCUT2D eigenvalue weighted by molar-refractivity contribution is 7.10. The van der Waals surface area contributed by atoms with Crippen LogP contribution in [0.1, 0.15) is 42.7 Å². The van der Waals surface area contributed by atoms with Gasteiger partial charge in [0.05, 0.1) is 11.4 Å². The number of aromatic nitrogens is 1. The maximum Gasteiger partial charge on any atom is 0.305 e. The number of rotatable bonds is 4. The van der Waals surface area contributed by atoms with Crippen LogP contribution in [0.4, 0.5) is 0 Å². The van der Waals surface area contributed by atoms with E-state index in [1.165, 1.54) is 16.2 Å². The van der Waals surface area contributed by atoms with E-state index in [2.05, 4.69) is 4.98 Å². The Morgan fingerprint density at radius 3 is 2.50 bits per heavy atom. The molecule has 0 saturated carbocycles. The SMILES string of the molecule is CN(CCC(=O)O)C(=O)c1csc(C(C)(C)C)n1. The number of thiazole rings is 1. The van der Waals surface area contributed by atoms with Crippen LogP contribution in [-0.4, -0.2) is 40.5 Å². The van der Waals surface area contributed by atoms with Crippen molar-refractivity contribution >= 4 is 23.2 Å². The molecule has 0 saturated heterocycles. The summed E-state index contributed by atoms with van der Waals surface area (Å²) < 4.78 is 0. The number of carboxylic acid groups (broad SMARTS) is 1. The van der Waals surface area contributed by atoms with Gasteiger partial charge in [-0.3, -0.25) is 9.59 Å². The van der Waals surface area contributed by atoms with Gasteiger partial charge in [0, 0.05) is 24.4 Å². The number of aliphatic carboxylic acids is 1. The zero-order valence-electron chi connectivity index (χ0n) is 11.1. The fourth-order valence-electron chi connectivity index (χ4n) is 1.28. The average Bonchev–Trinajstić information content (AvgIpc) is 2.73. The number of hydrogen-bond acceptors (Lipinski definition) is 4. The molecule has 1 amide bonds. The Kier molecular flexibility index (Phi) is 4.45. The maximum atomic E-state index is 12.0. The minimum atomic E-state index is -0.914. The summed E-state index contributed by atoms with van der Waals surface area (Å²) in [6.07, 6.45) is -0.0570. The number of hydrogen-bond donors (Lipinski definition) is 1. The lowest BCUT2D eigenvalue weighted by molar-refractivity contribution is -0.137. The minimum absolute atomic E-state index is 0.0570.